The molecule has 0 atom stereocenters. The number of nitrogens with one attached hydrogen (secondary N) is 2. The maximum absolute atomic E-state index is 11.9. The third-order valence-electron chi connectivity index (χ3n) is 2.77. The normalized spacial score (nSPS) is 10.9. The van der Waals surface area contributed by atoms with Crippen molar-refractivity contribution < 1.29 is 4.79 Å². The summed E-state index contributed by atoms with van der Waals surface area (Å²) in [5.74, 6) is 1.10. The summed E-state index contributed by atoms with van der Waals surface area (Å²) in [5.41, 5.74) is 0.399. The van der Waals surface area contributed by atoms with E-state index in [0.717, 1.165) is 19.5 Å². The number of anilines is 1. The molecule has 0 spiro atoms. The second kappa shape index (κ2) is 8.47. The molecule has 0 aromatic carbocycles. The molecule has 0 aliphatic rings. The van der Waals surface area contributed by atoms with Crippen LogP contribution >= 0.6 is 0 Å². The average Bonchev–Trinajstić information content (AvgIpc) is 2.38. The second-order valence-corrected chi connectivity index (χ2v) is 5.46. The zero-order chi connectivity index (χ0) is 15.0. The molecule has 1 rings (SSSR count). The molecule has 0 fully saturated rings. The molecule has 1 heterocycles. The van der Waals surface area contributed by atoms with Crippen LogP contribution in [0.25, 0.3) is 0 Å². The smallest absolute Gasteiger partial charge is 0.270 e. The maximum Gasteiger partial charge on any atom is 0.270 e. The number of hydrogen-bond donors (Lipinski definition) is 2. The Kier molecular flexibility index (Phi) is 6.93. The van der Waals surface area contributed by atoms with Crippen LogP contribution in [0.3, 0.4) is 0 Å². The van der Waals surface area contributed by atoms with Crippen molar-refractivity contribution in [3.05, 3.63) is 18.1 Å². The van der Waals surface area contributed by atoms with Gasteiger partial charge in [-0.25, -0.2) is 9.97 Å². The zero-order valence-electron chi connectivity index (χ0n) is 12.8. The van der Waals surface area contributed by atoms with Crippen molar-refractivity contribution >= 4 is 11.7 Å². The van der Waals surface area contributed by atoms with E-state index in [2.05, 4.69) is 39.3 Å². The standard InChI is InChI=1S/C14H25N5O/c1-11(2)5-6-16-14(20)12-9-13(18-10-17-12)15-7-8-19(3)4/h9-11H,5-8H2,1-4H3,(H,16,20)(H,15,17,18). The Balaban J connectivity index is 2.47. The van der Waals surface area contributed by atoms with Gasteiger partial charge in [-0.2, -0.15) is 0 Å². The molecule has 0 radical (unpaired) electrons. The van der Waals surface area contributed by atoms with Gasteiger partial charge >= 0.3 is 0 Å². The molecule has 0 bridgehead atoms. The first-order valence-corrected chi connectivity index (χ1v) is 6.98. The van der Waals surface area contributed by atoms with E-state index < -0.39 is 0 Å². The highest BCUT2D eigenvalue weighted by Gasteiger charge is 2.08. The first kappa shape index (κ1) is 16.4. The van der Waals surface area contributed by atoms with Crippen LogP contribution in [0, 0.1) is 5.92 Å². The van der Waals surface area contributed by atoms with E-state index in [0.29, 0.717) is 24.0 Å². The van der Waals surface area contributed by atoms with E-state index in [1.54, 1.807) is 6.07 Å². The maximum atomic E-state index is 11.9. The van der Waals surface area contributed by atoms with E-state index in [1.165, 1.54) is 6.33 Å². The molecule has 0 saturated heterocycles. The molecule has 0 unspecified atom stereocenters. The van der Waals surface area contributed by atoms with Crippen molar-refractivity contribution in [1.82, 2.24) is 20.2 Å². The fourth-order valence-electron chi connectivity index (χ4n) is 1.55. The monoisotopic (exact) mass is 279 g/mol. The molecule has 0 saturated carbocycles. The predicted molar refractivity (Wildman–Crippen MR) is 80.9 cm³/mol. The number of carbonyl (C=O) groups is 1. The number of hydrogen-bond acceptors (Lipinski definition) is 5. The van der Waals surface area contributed by atoms with Crippen molar-refractivity contribution in [2.24, 2.45) is 5.92 Å². The fraction of sp³-hybridized carbons (Fsp3) is 0.643. The van der Waals surface area contributed by atoms with Crippen LogP contribution in [-0.4, -0.2) is 54.5 Å². The Morgan fingerprint density at radius 1 is 1.30 bits per heavy atom. The highest BCUT2D eigenvalue weighted by atomic mass is 16.1. The number of aromatic nitrogens is 2. The summed E-state index contributed by atoms with van der Waals surface area (Å²) in [6.45, 7) is 6.61. The first-order valence-electron chi connectivity index (χ1n) is 6.98. The number of carbonyl (C=O) groups excluding carboxylic acids is 1. The summed E-state index contributed by atoms with van der Waals surface area (Å²) < 4.78 is 0. The molecule has 1 amide bonds. The first-order chi connectivity index (χ1) is 9.49. The van der Waals surface area contributed by atoms with Crippen LogP contribution in [-0.2, 0) is 0 Å². The largest absolute Gasteiger partial charge is 0.369 e. The lowest BCUT2D eigenvalue weighted by Gasteiger charge is -2.11. The van der Waals surface area contributed by atoms with Gasteiger partial charge in [0.15, 0.2) is 0 Å². The minimum absolute atomic E-state index is 0.149. The van der Waals surface area contributed by atoms with Crippen molar-refractivity contribution in [3.8, 4) is 0 Å². The van der Waals surface area contributed by atoms with Gasteiger partial charge in [-0.1, -0.05) is 13.8 Å². The average molecular weight is 279 g/mol. The van der Waals surface area contributed by atoms with Gasteiger partial charge in [0.1, 0.15) is 17.8 Å². The number of amides is 1. The number of likely N-dealkylation sites (N-methyl/N-ethyl adjacent to an activating group) is 1. The molecule has 0 aliphatic heterocycles. The molecule has 2 N–H and O–H groups in total. The molecular formula is C14H25N5O. The summed E-state index contributed by atoms with van der Waals surface area (Å²) >= 11 is 0. The summed E-state index contributed by atoms with van der Waals surface area (Å²) in [5, 5.41) is 6.04. The lowest BCUT2D eigenvalue weighted by Crippen LogP contribution is -2.26. The van der Waals surface area contributed by atoms with E-state index >= 15 is 0 Å². The molecule has 112 valence electrons. The topological polar surface area (TPSA) is 70.2 Å². The Bertz CT molecular complexity index is 420. The minimum atomic E-state index is -0.149. The Hall–Kier alpha value is -1.69. The van der Waals surface area contributed by atoms with Gasteiger partial charge in [0.25, 0.3) is 5.91 Å². The van der Waals surface area contributed by atoms with Gasteiger partial charge < -0.3 is 15.5 Å². The summed E-state index contributed by atoms with van der Waals surface area (Å²) in [6, 6.07) is 1.68. The minimum Gasteiger partial charge on any atom is -0.369 e. The van der Waals surface area contributed by atoms with Crippen LogP contribution < -0.4 is 10.6 Å². The third kappa shape index (κ3) is 6.47. The molecule has 1 aromatic heterocycles. The second-order valence-electron chi connectivity index (χ2n) is 5.46. The van der Waals surface area contributed by atoms with E-state index in [4.69, 9.17) is 0 Å². The van der Waals surface area contributed by atoms with Crippen molar-refractivity contribution in [2.75, 3.05) is 39.0 Å². The van der Waals surface area contributed by atoms with Gasteiger partial charge in [0.05, 0.1) is 0 Å². The van der Waals surface area contributed by atoms with Crippen LogP contribution in [0.2, 0.25) is 0 Å². The molecule has 6 nitrogen and oxygen atoms in total. The lowest BCUT2D eigenvalue weighted by molar-refractivity contribution is 0.0947. The van der Waals surface area contributed by atoms with Crippen molar-refractivity contribution in [3.63, 3.8) is 0 Å². The SMILES string of the molecule is CC(C)CCNC(=O)c1cc(NCCN(C)C)ncn1. The quantitative estimate of drug-likeness (QED) is 0.749. The molecule has 0 aliphatic carbocycles. The van der Waals surface area contributed by atoms with Gasteiger partial charge in [-0.15, -0.1) is 0 Å². The number of nitrogens with zero attached hydrogens (tertiary/aromatic N) is 3. The Morgan fingerprint density at radius 3 is 2.70 bits per heavy atom. The molecule has 6 heteroatoms. The van der Waals surface area contributed by atoms with Crippen LogP contribution in [0.15, 0.2) is 12.4 Å². The number of rotatable bonds is 8. The van der Waals surface area contributed by atoms with Crippen LogP contribution in [0.4, 0.5) is 5.82 Å². The van der Waals surface area contributed by atoms with Crippen molar-refractivity contribution in [1.29, 1.82) is 0 Å². The Labute approximate surface area is 121 Å². The van der Waals surface area contributed by atoms with Gasteiger partial charge in [-0.05, 0) is 26.4 Å². The van der Waals surface area contributed by atoms with Crippen LogP contribution in [0.5, 0.6) is 0 Å². The van der Waals surface area contributed by atoms with Crippen LogP contribution in [0.1, 0.15) is 30.8 Å². The van der Waals surface area contributed by atoms with Crippen molar-refractivity contribution in [2.45, 2.75) is 20.3 Å². The lowest BCUT2D eigenvalue weighted by atomic mass is 10.1. The third-order valence-corrected chi connectivity index (χ3v) is 2.77. The van der Waals surface area contributed by atoms with Gasteiger partial charge in [0.2, 0.25) is 0 Å². The van der Waals surface area contributed by atoms with Gasteiger partial charge in [-0.3, -0.25) is 4.79 Å². The predicted octanol–water partition coefficient (Wildman–Crippen LogP) is 1.23. The van der Waals surface area contributed by atoms with E-state index in [9.17, 15) is 4.79 Å². The Morgan fingerprint density at radius 2 is 2.05 bits per heavy atom. The highest BCUT2D eigenvalue weighted by molar-refractivity contribution is 5.92. The van der Waals surface area contributed by atoms with Gasteiger partial charge in [0, 0.05) is 25.7 Å². The van der Waals surface area contributed by atoms with E-state index in [1.807, 2.05) is 14.1 Å². The highest BCUT2D eigenvalue weighted by Crippen LogP contribution is 2.04. The molecule has 1 aromatic rings. The zero-order valence-corrected chi connectivity index (χ0v) is 12.8. The van der Waals surface area contributed by atoms with E-state index in [-0.39, 0.29) is 5.91 Å². The fourth-order valence-corrected chi connectivity index (χ4v) is 1.55. The summed E-state index contributed by atoms with van der Waals surface area (Å²) in [6.07, 6.45) is 2.38. The summed E-state index contributed by atoms with van der Waals surface area (Å²) in [4.78, 5) is 22.1. The molecule has 20 heavy (non-hydrogen) atoms. The summed E-state index contributed by atoms with van der Waals surface area (Å²) in [7, 11) is 4.02. The molecular weight excluding hydrogens is 254 g/mol.